The van der Waals surface area contributed by atoms with Crippen LogP contribution < -0.4 is 25.0 Å². The Balaban J connectivity index is 1.60. The van der Waals surface area contributed by atoms with Crippen LogP contribution in [0.2, 0.25) is 10.0 Å². The van der Waals surface area contributed by atoms with Gasteiger partial charge in [0.25, 0.3) is 11.8 Å². The van der Waals surface area contributed by atoms with Gasteiger partial charge in [0.15, 0.2) is 17.6 Å². The molecule has 218 valence electrons. The third kappa shape index (κ3) is 9.99. The van der Waals surface area contributed by atoms with Gasteiger partial charge in [-0.15, -0.1) is 0 Å². The van der Waals surface area contributed by atoms with E-state index in [-0.39, 0.29) is 10.9 Å². The van der Waals surface area contributed by atoms with Gasteiger partial charge in [0.2, 0.25) is 0 Å². The molecule has 2 atom stereocenters. The highest BCUT2D eigenvalue weighted by Crippen LogP contribution is 2.29. The maximum atomic E-state index is 12.9. The Morgan fingerprint density at radius 2 is 1.71 bits per heavy atom. The molecule has 0 heterocycles. The van der Waals surface area contributed by atoms with Crippen LogP contribution in [0, 0.1) is 12.8 Å². The van der Waals surface area contributed by atoms with Gasteiger partial charge in [-0.25, -0.2) is 5.43 Å². The van der Waals surface area contributed by atoms with Gasteiger partial charge < -0.3 is 19.5 Å². The first-order valence-corrected chi connectivity index (χ1v) is 13.9. The van der Waals surface area contributed by atoms with Gasteiger partial charge in [0.05, 0.1) is 18.3 Å². The predicted octanol–water partition coefficient (Wildman–Crippen LogP) is 6.34. The van der Waals surface area contributed by atoms with Crippen molar-refractivity contribution < 1.29 is 23.8 Å². The average Bonchev–Trinajstić information content (AvgIpc) is 2.93. The number of carbonyl (C=O) groups excluding carboxylic acids is 2. The molecule has 41 heavy (non-hydrogen) atoms. The van der Waals surface area contributed by atoms with Crippen LogP contribution in [0.4, 0.5) is 0 Å². The number of aryl methyl sites for hydroxylation is 1. The highest BCUT2D eigenvalue weighted by atomic mass is 35.5. The number of nitrogens with one attached hydrogen (secondary N) is 2. The van der Waals surface area contributed by atoms with Gasteiger partial charge in [0.1, 0.15) is 18.4 Å². The molecular formula is C31H35Cl2N3O5. The van der Waals surface area contributed by atoms with Crippen LogP contribution in [0.15, 0.2) is 65.8 Å². The Morgan fingerprint density at radius 1 is 0.951 bits per heavy atom. The van der Waals surface area contributed by atoms with Gasteiger partial charge >= 0.3 is 0 Å². The van der Waals surface area contributed by atoms with E-state index in [0.717, 1.165) is 11.1 Å². The summed E-state index contributed by atoms with van der Waals surface area (Å²) in [6.45, 7) is 7.92. The highest BCUT2D eigenvalue weighted by molar-refractivity contribution is 6.35. The molecule has 2 N–H and O–H groups in total. The molecule has 0 aromatic heterocycles. The number of rotatable bonds is 13. The number of carbonyl (C=O) groups is 2. The fourth-order valence-corrected chi connectivity index (χ4v) is 4.35. The summed E-state index contributed by atoms with van der Waals surface area (Å²) in [7, 11) is 1.56. The summed E-state index contributed by atoms with van der Waals surface area (Å²) in [5.41, 5.74) is 5.42. The topological polar surface area (TPSA) is 98.2 Å². The third-order valence-corrected chi connectivity index (χ3v) is 6.49. The molecule has 0 aliphatic carbocycles. The molecule has 0 saturated heterocycles. The van der Waals surface area contributed by atoms with Crippen molar-refractivity contribution in [1.29, 1.82) is 0 Å². The molecule has 0 saturated carbocycles. The van der Waals surface area contributed by atoms with E-state index in [4.69, 9.17) is 37.4 Å². The summed E-state index contributed by atoms with van der Waals surface area (Å²) in [5.74, 6) is 0.652. The molecule has 8 nitrogen and oxygen atoms in total. The number of hydrogen-bond acceptors (Lipinski definition) is 6. The number of hydrazone groups is 1. The Kier molecular flexibility index (Phi) is 11.9. The second kappa shape index (κ2) is 15.3. The maximum absolute atomic E-state index is 12.9. The van der Waals surface area contributed by atoms with Crippen LogP contribution in [0.3, 0.4) is 0 Å². The smallest absolute Gasteiger partial charge is 0.262 e. The minimum Gasteiger partial charge on any atom is -0.493 e. The van der Waals surface area contributed by atoms with E-state index in [1.165, 1.54) is 12.3 Å². The summed E-state index contributed by atoms with van der Waals surface area (Å²) in [6, 6.07) is 17.3. The molecule has 3 aromatic carbocycles. The van der Waals surface area contributed by atoms with E-state index >= 15 is 0 Å². The van der Waals surface area contributed by atoms with Crippen molar-refractivity contribution in [3.05, 3.63) is 87.4 Å². The molecule has 0 bridgehead atoms. The van der Waals surface area contributed by atoms with Crippen molar-refractivity contribution in [2.24, 2.45) is 11.0 Å². The first-order chi connectivity index (χ1) is 19.5. The molecule has 2 amide bonds. The minimum atomic E-state index is -0.904. The Morgan fingerprint density at radius 3 is 2.39 bits per heavy atom. The van der Waals surface area contributed by atoms with E-state index in [2.05, 4.69) is 21.9 Å². The SMILES string of the molecule is COc1cc(/C=N\NC(=O)[C@@H](CC(C)C)NC(=O)[C@@H](C)Oc2ccc(Cl)cc2Cl)ccc1OCc1cccc(C)c1. The van der Waals surface area contributed by atoms with Crippen LogP contribution in [0.1, 0.15) is 43.9 Å². The summed E-state index contributed by atoms with van der Waals surface area (Å²) >= 11 is 12.1. The standard InChI is InChI=1S/C31H35Cl2N3O5/c1-19(2)13-26(35-30(37)21(4)41-27-12-10-24(32)16-25(27)33)31(38)36-34-17-22-9-11-28(29(15-22)39-5)40-18-23-8-6-7-20(3)14-23/h6-12,14-17,19,21,26H,13,18H2,1-5H3,(H,35,37)(H,36,38)/b34-17-/t21-,26-/m1/s1. The molecule has 0 unspecified atom stereocenters. The summed E-state index contributed by atoms with van der Waals surface area (Å²) in [6.07, 6.45) is 0.994. The fraction of sp³-hybridized carbons (Fsp3) is 0.323. The molecule has 3 rings (SSSR count). The van der Waals surface area contributed by atoms with Crippen molar-refractivity contribution >= 4 is 41.2 Å². The van der Waals surface area contributed by atoms with Crippen LogP contribution in [0.5, 0.6) is 17.2 Å². The number of benzene rings is 3. The Hall–Kier alpha value is -3.75. The van der Waals surface area contributed by atoms with Gasteiger partial charge in [-0.3, -0.25) is 9.59 Å². The van der Waals surface area contributed by atoms with E-state index in [0.29, 0.717) is 40.9 Å². The van der Waals surface area contributed by atoms with Crippen molar-refractivity contribution in [3.8, 4) is 17.2 Å². The molecule has 10 heteroatoms. The zero-order valence-corrected chi connectivity index (χ0v) is 25.3. The zero-order chi connectivity index (χ0) is 29.9. The summed E-state index contributed by atoms with van der Waals surface area (Å²) < 4.78 is 17.1. The van der Waals surface area contributed by atoms with Gasteiger partial charge in [-0.05, 0) is 73.7 Å². The molecule has 0 aliphatic heterocycles. The lowest BCUT2D eigenvalue weighted by atomic mass is 10.0. The lowest BCUT2D eigenvalue weighted by Crippen LogP contribution is -2.49. The molecular weight excluding hydrogens is 565 g/mol. The second-order valence-electron chi connectivity index (χ2n) is 9.95. The Bertz CT molecular complexity index is 1380. The van der Waals surface area contributed by atoms with Crippen LogP contribution in [0.25, 0.3) is 0 Å². The second-order valence-corrected chi connectivity index (χ2v) is 10.8. The lowest BCUT2D eigenvalue weighted by Gasteiger charge is -2.22. The van der Waals surface area contributed by atoms with Gasteiger partial charge in [0, 0.05) is 5.02 Å². The predicted molar refractivity (Wildman–Crippen MR) is 162 cm³/mol. The molecule has 3 aromatic rings. The molecule has 0 aliphatic rings. The number of methoxy groups -OCH3 is 1. The van der Waals surface area contributed by atoms with Crippen molar-refractivity contribution in [2.75, 3.05) is 7.11 Å². The zero-order valence-electron chi connectivity index (χ0n) is 23.7. The largest absolute Gasteiger partial charge is 0.493 e. The molecule has 0 radical (unpaired) electrons. The number of halogens is 2. The molecule has 0 spiro atoms. The normalized spacial score (nSPS) is 12.6. The average molecular weight is 601 g/mol. The van der Waals surface area contributed by atoms with Crippen LogP contribution in [-0.4, -0.2) is 37.3 Å². The minimum absolute atomic E-state index is 0.133. The monoisotopic (exact) mass is 599 g/mol. The quantitative estimate of drug-likeness (QED) is 0.176. The lowest BCUT2D eigenvalue weighted by molar-refractivity contribution is -0.132. The highest BCUT2D eigenvalue weighted by Gasteiger charge is 2.25. The number of ether oxygens (including phenoxy) is 3. The van der Waals surface area contributed by atoms with Crippen LogP contribution >= 0.6 is 23.2 Å². The van der Waals surface area contributed by atoms with Gasteiger partial charge in [-0.2, -0.15) is 5.10 Å². The van der Waals surface area contributed by atoms with E-state index in [1.54, 1.807) is 44.4 Å². The van der Waals surface area contributed by atoms with Crippen molar-refractivity contribution in [2.45, 2.75) is 52.9 Å². The first kappa shape index (κ1) is 31.8. The van der Waals surface area contributed by atoms with E-state index in [1.807, 2.05) is 39.0 Å². The summed E-state index contributed by atoms with van der Waals surface area (Å²) in [5, 5.41) is 7.57. The number of nitrogens with zero attached hydrogens (tertiary/aromatic N) is 1. The number of hydrogen-bond donors (Lipinski definition) is 2. The van der Waals surface area contributed by atoms with Gasteiger partial charge in [-0.1, -0.05) is 66.9 Å². The first-order valence-electron chi connectivity index (χ1n) is 13.2. The fourth-order valence-electron chi connectivity index (χ4n) is 3.90. The van der Waals surface area contributed by atoms with Crippen LogP contribution in [-0.2, 0) is 16.2 Å². The Labute approximate surface area is 251 Å². The van der Waals surface area contributed by atoms with E-state index < -0.39 is 24.0 Å². The summed E-state index contributed by atoms with van der Waals surface area (Å²) in [4.78, 5) is 25.8. The third-order valence-electron chi connectivity index (χ3n) is 5.96. The van der Waals surface area contributed by atoms with Crippen molar-refractivity contribution in [1.82, 2.24) is 10.7 Å². The number of amides is 2. The molecule has 0 fully saturated rings. The van der Waals surface area contributed by atoms with E-state index in [9.17, 15) is 9.59 Å². The van der Waals surface area contributed by atoms with Crippen molar-refractivity contribution in [3.63, 3.8) is 0 Å². The maximum Gasteiger partial charge on any atom is 0.262 e.